The van der Waals surface area contributed by atoms with Crippen molar-refractivity contribution in [2.45, 2.75) is 18.4 Å². The van der Waals surface area contributed by atoms with Crippen LogP contribution in [0.1, 0.15) is 11.1 Å². The number of anilines is 1. The lowest BCUT2D eigenvalue weighted by Gasteiger charge is -2.11. The summed E-state index contributed by atoms with van der Waals surface area (Å²) in [6.07, 6.45) is 0. The second-order valence-electron chi connectivity index (χ2n) is 6.61. The van der Waals surface area contributed by atoms with Gasteiger partial charge in [0.2, 0.25) is 10.0 Å². The van der Waals surface area contributed by atoms with E-state index in [1.807, 2.05) is 55.5 Å². The minimum Gasteiger partial charge on any atom is -0.482 e. The van der Waals surface area contributed by atoms with E-state index in [-0.39, 0.29) is 34.7 Å². The van der Waals surface area contributed by atoms with Crippen molar-refractivity contribution in [3.63, 3.8) is 0 Å². The SMILES string of the molecule is Cc1cccc(NC(=O)COc2ccc(S(=O)(=O)NCc3ccccc3)cc2Cl)c1. The lowest BCUT2D eigenvalue weighted by atomic mass is 10.2. The van der Waals surface area contributed by atoms with Crippen LogP contribution >= 0.6 is 11.6 Å². The molecule has 1 amide bonds. The molecule has 0 bridgehead atoms. The molecule has 0 spiro atoms. The van der Waals surface area contributed by atoms with Crippen LogP contribution in [-0.4, -0.2) is 20.9 Å². The van der Waals surface area contributed by atoms with E-state index in [2.05, 4.69) is 10.0 Å². The Labute approximate surface area is 180 Å². The fraction of sp³-hybridized carbons (Fsp3) is 0.136. The van der Waals surface area contributed by atoms with Crippen molar-refractivity contribution >= 4 is 33.2 Å². The molecule has 0 heterocycles. The van der Waals surface area contributed by atoms with Crippen LogP contribution in [-0.2, 0) is 21.4 Å². The Balaban J connectivity index is 1.59. The summed E-state index contributed by atoms with van der Waals surface area (Å²) in [5.41, 5.74) is 2.53. The summed E-state index contributed by atoms with van der Waals surface area (Å²) in [5.74, 6) is -0.129. The average Bonchev–Trinajstić information content (AvgIpc) is 2.72. The molecule has 0 aromatic heterocycles. The summed E-state index contributed by atoms with van der Waals surface area (Å²) in [7, 11) is -3.74. The molecule has 0 unspecified atom stereocenters. The number of aryl methyl sites for hydroxylation is 1. The molecule has 0 aliphatic carbocycles. The van der Waals surface area contributed by atoms with Gasteiger partial charge in [-0.2, -0.15) is 0 Å². The number of ether oxygens (including phenoxy) is 1. The molecule has 0 atom stereocenters. The minimum absolute atomic E-state index is 0.0139. The minimum atomic E-state index is -3.74. The lowest BCUT2D eigenvalue weighted by molar-refractivity contribution is -0.118. The molecule has 3 aromatic rings. The predicted molar refractivity (Wildman–Crippen MR) is 117 cm³/mol. The quantitative estimate of drug-likeness (QED) is 0.546. The third kappa shape index (κ3) is 6.06. The molecule has 6 nitrogen and oxygen atoms in total. The van der Waals surface area contributed by atoms with E-state index in [4.69, 9.17) is 16.3 Å². The largest absolute Gasteiger partial charge is 0.482 e. The fourth-order valence-corrected chi connectivity index (χ4v) is 4.03. The Kier molecular flexibility index (Phi) is 7.10. The van der Waals surface area contributed by atoms with Crippen LogP contribution in [0.3, 0.4) is 0 Å². The highest BCUT2D eigenvalue weighted by molar-refractivity contribution is 7.89. The predicted octanol–water partition coefficient (Wildman–Crippen LogP) is 4.14. The van der Waals surface area contributed by atoms with Crippen molar-refractivity contribution in [3.8, 4) is 5.75 Å². The summed E-state index contributed by atoms with van der Waals surface area (Å²) in [6.45, 7) is 1.83. The Morgan fingerprint density at radius 2 is 1.77 bits per heavy atom. The number of hydrogen-bond donors (Lipinski definition) is 2. The van der Waals surface area contributed by atoms with Gasteiger partial charge in [-0.15, -0.1) is 0 Å². The van der Waals surface area contributed by atoms with Crippen molar-refractivity contribution in [1.29, 1.82) is 0 Å². The normalized spacial score (nSPS) is 11.1. The van der Waals surface area contributed by atoms with Gasteiger partial charge in [0.25, 0.3) is 5.91 Å². The second kappa shape index (κ2) is 9.75. The number of rotatable bonds is 8. The van der Waals surface area contributed by atoms with E-state index < -0.39 is 10.0 Å². The summed E-state index contributed by atoms with van der Waals surface area (Å²) in [6, 6.07) is 20.7. The monoisotopic (exact) mass is 444 g/mol. The molecular formula is C22H21ClN2O4S. The zero-order valence-corrected chi connectivity index (χ0v) is 17.8. The first-order chi connectivity index (χ1) is 14.3. The van der Waals surface area contributed by atoms with E-state index in [0.717, 1.165) is 11.1 Å². The molecule has 2 N–H and O–H groups in total. The number of nitrogens with one attached hydrogen (secondary N) is 2. The fourth-order valence-electron chi connectivity index (χ4n) is 2.69. The topological polar surface area (TPSA) is 84.5 Å². The Bertz CT molecular complexity index is 1130. The molecule has 30 heavy (non-hydrogen) atoms. The lowest BCUT2D eigenvalue weighted by Crippen LogP contribution is -2.23. The number of amides is 1. The van der Waals surface area contributed by atoms with E-state index in [0.29, 0.717) is 5.69 Å². The first-order valence-electron chi connectivity index (χ1n) is 9.16. The van der Waals surface area contributed by atoms with E-state index >= 15 is 0 Å². The highest BCUT2D eigenvalue weighted by Crippen LogP contribution is 2.27. The maximum atomic E-state index is 12.5. The van der Waals surface area contributed by atoms with E-state index in [1.54, 1.807) is 6.07 Å². The van der Waals surface area contributed by atoms with Crippen LogP contribution in [0.2, 0.25) is 5.02 Å². The highest BCUT2D eigenvalue weighted by Gasteiger charge is 2.16. The summed E-state index contributed by atoms with van der Waals surface area (Å²) in [5, 5.41) is 2.83. The molecule has 0 saturated heterocycles. The van der Waals surface area contributed by atoms with Crippen LogP contribution < -0.4 is 14.8 Å². The molecule has 8 heteroatoms. The number of benzene rings is 3. The Hall–Kier alpha value is -2.87. The maximum absolute atomic E-state index is 12.5. The van der Waals surface area contributed by atoms with Gasteiger partial charge in [-0.1, -0.05) is 54.1 Å². The molecule has 0 fully saturated rings. The molecule has 0 aliphatic heterocycles. The van der Waals surface area contributed by atoms with Gasteiger partial charge in [0.15, 0.2) is 6.61 Å². The first kappa shape index (κ1) is 21.8. The van der Waals surface area contributed by atoms with Crippen molar-refractivity contribution < 1.29 is 17.9 Å². The Morgan fingerprint density at radius 1 is 1.00 bits per heavy atom. The van der Waals surface area contributed by atoms with Gasteiger partial charge < -0.3 is 10.1 Å². The smallest absolute Gasteiger partial charge is 0.262 e. The third-order valence-corrected chi connectivity index (χ3v) is 5.88. The third-order valence-electron chi connectivity index (χ3n) is 4.18. The van der Waals surface area contributed by atoms with Gasteiger partial charge in [0.1, 0.15) is 5.75 Å². The molecule has 0 aliphatic rings. The van der Waals surface area contributed by atoms with Crippen molar-refractivity contribution in [3.05, 3.63) is 88.9 Å². The van der Waals surface area contributed by atoms with Crippen LogP contribution in [0.25, 0.3) is 0 Å². The van der Waals surface area contributed by atoms with Crippen LogP contribution in [0.4, 0.5) is 5.69 Å². The van der Waals surface area contributed by atoms with Gasteiger partial charge in [-0.3, -0.25) is 4.79 Å². The summed E-state index contributed by atoms with van der Waals surface area (Å²) >= 11 is 6.17. The Morgan fingerprint density at radius 3 is 2.47 bits per heavy atom. The van der Waals surface area contributed by atoms with Crippen molar-refractivity contribution in [2.24, 2.45) is 0 Å². The van der Waals surface area contributed by atoms with Gasteiger partial charge in [0, 0.05) is 12.2 Å². The van der Waals surface area contributed by atoms with Crippen molar-refractivity contribution in [1.82, 2.24) is 4.72 Å². The summed E-state index contributed by atoms with van der Waals surface area (Å²) < 4.78 is 32.9. The van der Waals surface area contributed by atoms with Crippen LogP contribution in [0.5, 0.6) is 5.75 Å². The van der Waals surface area contributed by atoms with Crippen LogP contribution in [0, 0.1) is 6.92 Å². The average molecular weight is 445 g/mol. The zero-order chi connectivity index (χ0) is 21.6. The number of sulfonamides is 1. The van der Waals surface area contributed by atoms with E-state index in [1.165, 1.54) is 18.2 Å². The summed E-state index contributed by atoms with van der Waals surface area (Å²) in [4.78, 5) is 12.1. The molecule has 0 radical (unpaired) electrons. The standard InChI is InChI=1S/C22H21ClN2O4S/c1-16-6-5-9-18(12-16)25-22(26)15-29-21-11-10-19(13-20(21)23)30(27,28)24-14-17-7-3-2-4-8-17/h2-13,24H,14-15H2,1H3,(H,25,26). The maximum Gasteiger partial charge on any atom is 0.262 e. The molecule has 156 valence electrons. The van der Waals surface area contributed by atoms with Gasteiger partial charge in [-0.25, -0.2) is 13.1 Å². The number of carbonyl (C=O) groups is 1. The van der Waals surface area contributed by atoms with E-state index in [9.17, 15) is 13.2 Å². The number of hydrogen-bond acceptors (Lipinski definition) is 4. The van der Waals surface area contributed by atoms with Crippen molar-refractivity contribution in [2.75, 3.05) is 11.9 Å². The highest BCUT2D eigenvalue weighted by atomic mass is 35.5. The number of carbonyl (C=O) groups excluding carboxylic acids is 1. The molecule has 3 aromatic carbocycles. The second-order valence-corrected chi connectivity index (χ2v) is 8.78. The first-order valence-corrected chi connectivity index (χ1v) is 11.0. The van der Waals surface area contributed by atoms with Gasteiger partial charge in [0.05, 0.1) is 9.92 Å². The van der Waals surface area contributed by atoms with Gasteiger partial charge >= 0.3 is 0 Å². The van der Waals surface area contributed by atoms with Crippen LogP contribution in [0.15, 0.2) is 77.7 Å². The zero-order valence-electron chi connectivity index (χ0n) is 16.3. The number of halogens is 1. The molecule has 0 saturated carbocycles. The molecule has 3 rings (SSSR count). The van der Waals surface area contributed by atoms with Gasteiger partial charge in [-0.05, 0) is 48.4 Å². The molecular weight excluding hydrogens is 424 g/mol.